The van der Waals surface area contributed by atoms with Gasteiger partial charge in [-0.25, -0.2) is 22.3 Å². The summed E-state index contributed by atoms with van der Waals surface area (Å²) in [5.74, 6) is -0.518. The Hall–Kier alpha value is -3.35. The van der Waals surface area contributed by atoms with Gasteiger partial charge in [0.25, 0.3) is 15.6 Å². The molecule has 2 heterocycles. The molecule has 2 amide bonds. The molecule has 0 fully saturated rings. The van der Waals surface area contributed by atoms with Crippen molar-refractivity contribution in [3.63, 3.8) is 0 Å². The number of urea groups is 1. The molecule has 1 aromatic heterocycles. The van der Waals surface area contributed by atoms with Crippen molar-refractivity contribution in [1.29, 1.82) is 0 Å². The lowest BCUT2D eigenvalue weighted by atomic mass is 10.1. The van der Waals surface area contributed by atoms with Gasteiger partial charge in [0.1, 0.15) is 16.2 Å². The van der Waals surface area contributed by atoms with E-state index in [1.807, 2.05) is 4.72 Å². The van der Waals surface area contributed by atoms with E-state index in [0.717, 1.165) is 17.8 Å². The number of nitrogens with zero attached hydrogens (tertiary/aromatic N) is 2. The zero-order valence-electron chi connectivity index (χ0n) is 19.5. The van der Waals surface area contributed by atoms with Gasteiger partial charge in [0.15, 0.2) is 0 Å². The standard InChI is InChI=1S/C23H23ClFN5O4S2/c1-13(21(27-4)28-23(32)29-36(33,34)20-7-5-6-19(24)35-20)10-14(2)30-9-8-15-11-18(26-3)17(25)12-16(15)22(30)31/h5-12,20,26H,2H2,1,3-4H3,(H2,27,28,29,32)/b13-10-. The van der Waals surface area contributed by atoms with E-state index in [0.29, 0.717) is 11.0 Å². The first-order chi connectivity index (χ1) is 17.0. The van der Waals surface area contributed by atoms with Crippen LogP contribution >= 0.6 is 23.4 Å². The zero-order valence-corrected chi connectivity index (χ0v) is 21.9. The second-order valence-electron chi connectivity index (χ2n) is 7.49. The zero-order chi connectivity index (χ0) is 26.6. The average Bonchev–Trinajstić information content (AvgIpc) is 2.82. The molecule has 36 heavy (non-hydrogen) atoms. The predicted molar refractivity (Wildman–Crippen MR) is 145 cm³/mol. The first kappa shape index (κ1) is 27.2. The molecule has 0 radical (unpaired) electrons. The maximum absolute atomic E-state index is 14.2. The Kier molecular flexibility index (Phi) is 8.43. The summed E-state index contributed by atoms with van der Waals surface area (Å²) in [6.07, 6.45) is 7.40. The maximum Gasteiger partial charge on any atom is 0.334 e. The summed E-state index contributed by atoms with van der Waals surface area (Å²) in [5.41, 5.74) is 0.387. The van der Waals surface area contributed by atoms with E-state index in [1.165, 1.54) is 48.2 Å². The SMILES string of the molecule is C=C(/C=C(/C)C(=NC)NC(=O)NS(=O)(=O)C1C=CC=C(Cl)S1)n1ccc2cc(NC)c(F)cc2c1=O. The summed E-state index contributed by atoms with van der Waals surface area (Å²) in [6, 6.07) is 3.31. The van der Waals surface area contributed by atoms with Crippen LogP contribution in [0.5, 0.6) is 0 Å². The number of nitrogens with one attached hydrogen (secondary N) is 3. The number of benzene rings is 1. The van der Waals surface area contributed by atoms with Gasteiger partial charge in [-0.1, -0.05) is 42.1 Å². The molecule has 0 spiro atoms. The number of pyridine rings is 1. The number of amides is 2. The third-order valence-corrected chi connectivity index (χ3v) is 8.48. The highest BCUT2D eigenvalue weighted by Crippen LogP contribution is 2.32. The van der Waals surface area contributed by atoms with Gasteiger partial charge in [-0.2, -0.15) is 0 Å². The lowest BCUT2D eigenvalue weighted by molar-refractivity contribution is 0.250. The quantitative estimate of drug-likeness (QED) is 0.284. The third kappa shape index (κ3) is 6.07. The highest BCUT2D eigenvalue weighted by atomic mass is 35.5. The molecule has 0 bridgehead atoms. The van der Waals surface area contributed by atoms with Crippen molar-refractivity contribution in [2.24, 2.45) is 4.99 Å². The molecule has 1 aromatic carbocycles. The molecule has 1 unspecified atom stereocenters. The van der Waals surface area contributed by atoms with Crippen molar-refractivity contribution in [1.82, 2.24) is 14.6 Å². The normalized spacial score (nSPS) is 16.5. The van der Waals surface area contributed by atoms with E-state index in [1.54, 1.807) is 20.0 Å². The lowest BCUT2D eigenvalue weighted by Gasteiger charge is -2.17. The van der Waals surface area contributed by atoms with Crippen LogP contribution in [0.3, 0.4) is 0 Å². The fourth-order valence-electron chi connectivity index (χ4n) is 3.30. The van der Waals surface area contributed by atoms with Crippen LogP contribution in [0, 0.1) is 5.82 Å². The molecule has 1 aliphatic rings. The largest absolute Gasteiger partial charge is 0.386 e. The Morgan fingerprint density at radius 2 is 2.08 bits per heavy atom. The molecule has 0 aliphatic carbocycles. The number of thioether (sulfide) groups is 1. The second kappa shape index (κ2) is 11.1. The average molecular weight is 552 g/mol. The van der Waals surface area contributed by atoms with Gasteiger partial charge in [0.05, 0.1) is 15.4 Å². The number of allylic oxidation sites excluding steroid dienone is 4. The Labute approximate surface area is 216 Å². The van der Waals surface area contributed by atoms with E-state index >= 15 is 0 Å². The highest BCUT2D eigenvalue weighted by molar-refractivity contribution is 8.16. The summed E-state index contributed by atoms with van der Waals surface area (Å²) >= 11 is 6.74. The van der Waals surface area contributed by atoms with Gasteiger partial charge >= 0.3 is 6.03 Å². The summed E-state index contributed by atoms with van der Waals surface area (Å²) in [5, 5.41) is 5.82. The maximum atomic E-state index is 14.2. The topological polar surface area (TPSA) is 122 Å². The molecule has 0 saturated carbocycles. The number of hydrogen-bond acceptors (Lipinski definition) is 7. The Bertz CT molecular complexity index is 1530. The number of anilines is 1. The number of sulfonamides is 1. The van der Waals surface area contributed by atoms with Crippen LogP contribution < -0.4 is 20.9 Å². The first-order valence-electron chi connectivity index (χ1n) is 10.4. The van der Waals surface area contributed by atoms with E-state index in [-0.39, 0.29) is 27.0 Å². The first-order valence-corrected chi connectivity index (χ1v) is 13.2. The van der Waals surface area contributed by atoms with E-state index < -0.39 is 32.0 Å². The van der Waals surface area contributed by atoms with Crippen molar-refractivity contribution in [2.45, 2.75) is 11.5 Å². The van der Waals surface area contributed by atoms with Crippen molar-refractivity contribution in [3.8, 4) is 0 Å². The Morgan fingerprint density at radius 3 is 2.72 bits per heavy atom. The van der Waals surface area contributed by atoms with Gasteiger partial charge in [0.2, 0.25) is 0 Å². The number of amidine groups is 1. The summed E-state index contributed by atoms with van der Waals surface area (Å²) in [4.78, 5) is 29.3. The minimum absolute atomic E-state index is 0.0483. The minimum atomic E-state index is -4.08. The number of rotatable bonds is 6. The monoisotopic (exact) mass is 551 g/mol. The van der Waals surface area contributed by atoms with Gasteiger partial charge in [-0.15, -0.1) is 0 Å². The number of carbonyl (C=O) groups excluding carboxylic acids is 1. The van der Waals surface area contributed by atoms with Gasteiger partial charge in [0, 0.05) is 26.0 Å². The van der Waals surface area contributed by atoms with Gasteiger partial charge in [-0.05, 0) is 48.2 Å². The molecule has 1 aliphatic heterocycles. The molecule has 3 rings (SSSR count). The van der Waals surface area contributed by atoms with Crippen LogP contribution in [0.4, 0.5) is 14.9 Å². The summed E-state index contributed by atoms with van der Waals surface area (Å²) < 4.78 is 41.5. The van der Waals surface area contributed by atoms with Crippen molar-refractivity contribution < 1.29 is 17.6 Å². The fourth-order valence-corrected chi connectivity index (χ4v) is 6.05. The number of carbonyl (C=O) groups is 1. The van der Waals surface area contributed by atoms with E-state index in [4.69, 9.17) is 11.6 Å². The minimum Gasteiger partial charge on any atom is -0.386 e. The van der Waals surface area contributed by atoms with Crippen molar-refractivity contribution in [2.75, 3.05) is 19.4 Å². The number of hydrogen-bond donors (Lipinski definition) is 3. The molecule has 0 saturated heterocycles. The Balaban J connectivity index is 1.78. The summed E-state index contributed by atoms with van der Waals surface area (Å²) in [6.45, 7) is 5.48. The number of aliphatic imine (C=N–C) groups is 1. The molecular weight excluding hydrogens is 529 g/mol. The molecule has 13 heteroatoms. The van der Waals surface area contributed by atoms with Crippen LogP contribution in [-0.2, 0) is 10.0 Å². The molecular formula is C23H23ClFN5O4S2. The molecule has 1 atom stereocenters. The van der Waals surface area contributed by atoms with Crippen LogP contribution in [-0.4, -0.2) is 43.5 Å². The second-order valence-corrected chi connectivity index (χ2v) is 11.4. The number of aromatic nitrogens is 1. The molecule has 9 nitrogen and oxygen atoms in total. The smallest absolute Gasteiger partial charge is 0.334 e. The molecule has 190 valence electrons. The van der Waals surface area contributed by atoms with Crippen LogP contribution in [0.15, 0.2) is 75.0 Å². The fraction of sp³-hybridized carbons (Fsp3) is 0.174. The predicted octanol–water partition coefficient (Wildman–Crippen LogP) is 3.97. The van der Waals surface area contributed by atoms with Gasteiger partial charge in [-0.3, -0.25) is 19.7 Å². The number of fused-ring (bicyclic) bond motifs is 1. The number of halogens is 2. The Morgan fingerprint density at radius 1 is 1.36 bits per heavy atom. The van der Waals surface area contributed by atoms with Gasteiger partial charge < -0.3 is 5.32 Å². The van der Waals surface area contributed by atoms with Crippen LogP contribution in [0.1, 0.15) is 6.92 Å². The van der Waals surface area contributed by atoms with Crippen LogP contribution in [0.2, 0.25) is 0 Å². The molecule has 2 aromatic rings. The molecule has 3 N–H and O–H groups in total. The van der Waals surface area contributed by atoms with Crippen molar-refractivity contribution in [3.05, 3.63) is 81.4 Å². The van der Waals surface area contributed by atoms with E-state index in [2.05, 4.69) is 22.2 Å². The summed E-state index contributed by atoms with van der Waals surface area (Å²) in [7, 11) is -1.10. The lowest BCUT2D eigenvalue weighted by Crippen LogP contribution is -2.45. The highest BCUT2D eigenvalue weighted by Gasteiger charge is 2.28. The van der Waals surface area contributed by atoms with E-state index in [9.17, 15) is 22.4 Å². The van der Waals surface area contributed by atoms with Crippen LogP contribution in [0.25, 0.3) is 16.5 Å². The third-order valence-electron chi connectivity index (χ3n) is 5.05. The van der Waals surface area contributed by atoms with Crippen molar-refractivity contribution >= 4 is 67.4 Å².